The van der Waals surface area contributed by atoms with E-state index in [1.807, 2.05) is 0 Å². The number of ketones is 4. The van der Waals surface area contributed by atoms with Gasteiger partial charge in [-0.2, -0.15) is 0 Å². The monoisotopic (exact) mass is 496 g/mol. The number of Topliss-reactive ketones (excluding diaryl/α,β-unsaturated/α-hetero) is 2. The molecule has 38 heavy (non-hydrogen) atoms. The summed E-state index contributed by atoms with van der Waals surface area (Å²) in [6.07, 6.45) is 2.55. The van der Waals surface area contributed by atoms with Gasteiger partial charge in [-0.25, -0.2) is 0 Å². The molecule has 0 atom stereocenters. The summed E-state index contributed by atoms with van der Waals surface area (Å²) in [7, 11) is 0. The Bertz CT molecular complexity index is 1790. The SMILES string of the molecule is Nc1ccc(-c2ccc(N)c(C3=CC(=O)c4ccccc4C3=O)c2C2=CC(=O)c3ccccc3C2=O)cc1. The molecule has 0 spiro atoms. The van der Waals surface area contributed by atoms with Gasteiger partial charge in [0.25, 0.3) is 0 Å². The molecule has 0 aliphatic heterocycles. The third kappa shape index (κ3) is 3.50. The summed E-state index contributed by atoms with van der Waals surface area (Å²) in [6.45, 7) is 0. The van der Waals surface area contributed by atoms with Crippen LogP contribution in [0.1, 0.15) is 52.6 Å². The Kier molecular flexibility index (Phi) is 5.24. The van der Waals surface area contributed by atoms with E-state index >= 15 is 0 Å². The standard InChI is InChI=1S/C32H20N2O4/c33-18-11-9-17(10-12-18)19-13-14-26(34)30(25-16-28(36)21-6-2-4-8-23(21)32(25)38)29(19)24-15-27(35)20-5-1-3-7-22(20)31(24)37/h1-16H,33-34H2. The molecule has 6 rings (SSSR count). The van der Waals surface area contributed by atoms with Crippen molar-refractivity contribution in [2.75, 3.05) is 11.5 Å². The van der Waals surface area contributed by atoms with Crippen LogP contribution in [0.15, 0.2) is 97.1 Å². The molecular formula is C32H20N2O4. The van der Waals surface area contributed by atoms with Crippen molar-refractivity contribution in [3.63, 3.8) is 0 Å². The lowest BCUT2D eigenvalue weighted by Gasteiger charge is -2.24. The third-order valence-electron chi connectivity index (χ3n) is 6.91. The van der Waals surface area contributed by atoms with Gasteiger partial charge in [0.2, 0.25) is 0 Å². The molecule has 2 aliphatic carbocycles. The Morgan fingerprint density at radius 1 is 0.447 bits per heavy atom. The van der Waals surface area contributed by atoms with Gasteiger partial charge in [-0.05, 0) is 41.5 Å². The van der Waals surface area contributed by atoms with Crippen molar-refractivity contribution in [2.45, 2.75) is 0 Å². The summed E-state index contributed by atoms with van der Waals surface area (Å²) in [5, 5.41) is 0. The number of anilines is 2. The van der Waals surface area contributed by atoms with Gasteiger partial charge >= 0.3 is 0 Å². The normalized spacial score (nSPS) is 14.5. The smallest absolute Gasteiger partial charge is 0.194 e. The van der Waals surface area contributed by atoms with Crippen LogP contribution >= 0.6 is 0 Å². The molecule has 0 amide bonds. The summed E-state index contributed by atoms with van der Waals surface area (Å²) >= 11 is 0. The van der Waals surface area contributed by atoms with Crippen molar-refractivity contribution >= 4 is 45.7 Å². The molecule has 4 aromatic rings. The molecule has 0 unspecified atom stereocenters. The van der Waals surface area contributed by atoms with E-state index in [4.69, 9.17) is 11.5 Å². The van der Waals surface area contributed by atoms with Crippen LogP contribution in [-0.2, 0) is 0 Å². The summed E-state index contributed by atoms with van der Waals surface area (Å²) in [4.78, 5) is 53.8. The van der Waals surface area contributed by atoms with Gasteiger partial charge < -0.3 is 11.5 Å². The topological polar surface area (TPSA) is 120 Å². The van der Waals surface area contributed by atoms with Crippen LogP contribution in [0.4, 0.5) is 11.4 Å². The molecular weight excluding hydrogens is 476 g/mol. The maximum absolute atomic E-state index is 13.8. The van der Waals surface area contributed by atoms with E-state index in [0.29, 0.717) is 33.5 Å². The largest absolute Gasteiger partial charge is 0.399 e. The molecule has 182 valence electrons. The number of hydrogen-bond acceptors (Lipinski definition) is 6. The van der Waals surface area contributed by atoms with E-state index in [2.05, 4.69) is 0 Å². The highest BCUT2D eigenvalue weighted by Crippen LogP contribution is 2.43. The maximum atomic E-state index is 13.8. The lowest BCUT2D eigenvalue weighted by molar-refractivity contribution is 0.100. The average molecular weight is 497 g/mol. The summed E-state index contributed by atoms with van der Waals surface area (Å²) in [5.74, 6) is -1.45. The Labute approximate surface area is 217 Å². The molecule has 4 aromatic carbocycles. The minimum atomic E-state index is -0.391. The second-order valence-corrected chi connectivity index (χ2v) is 9.17. The molecule has 0 fully saturated rings. The second-order valence-electron chi connectivity index (χ2n) is 9.17. The Morgan fingerprint density at radius 3 is 1.45 bits per heavy atom. The first-order valence-corrected chi connectivity index (χ1v) is 11.9. The van der Waals surface area contributed by atoms with Crippen molar-refractivity contribution in [3.8, 4) is 11.1 Å². The number of carbonyl (C=O) groups is 4. The molecule has 0 saturated carbocycles. The Balaban J connectivity index is 1.67. The molecule has 6 nitrogen and oxygen atoms in total. The van der Waals surface area contributed by atoms with Gasteiger partial charge in [-0.3, -0.25) is 19.2 Å². The van der Waals surface area contributed by atoms with E-state index in [9.17, 15) is 19.2 Å². The molecule has 0 aromatic heterocycles. The molecule has 6 heteroatoms. The van der Waals surface area contributed by atoms with Crippen molar-refractivity contribution < 1.29 is 19.2 Å². The highest BCUT2D eigenvalue weighted by atomic mass is 16.1. The van der Waals surface area contributed by atoms with Gasteiger partial charge in [-0.1, -0.05) is 66.7 Å². The number of nitrogens with two attached hydrogens (primary N) is 2. The van der Waals surface area contributed by atoms with E-state index < -0.39 is 5.78 Å². The highest BCUT2D eigenvalue weighted by Gasteiger charge is 2.34. The van der Waals surface area contributed by atoms with Crippen LogP contribution in [0.25, 0.3) is 22.3 Å². The van der Waals surface area contributed by atoms with Crippen LogP contribution in [0, 0.1) is 0 Å². The molecule has 0 heterocycles. The number of nitrogen functional groups attached to an aromatic ring is 2. The summed E-state index contributed by atoms with van der Waals surface area (Å²) in [5.41, 5.74) is 16.2. The summed E-state index contributed by atoms with van der Waals surface area (Å²) in [6, 6.07) is 23.5. The lowest BCUT2D eigenvalue weighted by Crippen LogP contribution is -2.21. The zero-order valence-corrected chi connectivity index (χ0v) is 20.0. The van der Waals surface area contributed by atoms with Gasteiger partial charge in [-0.15, -0.1) is 0 Å². The molecule has 2 aliphatic rings. The predicted octanol–water partition coefficient (Wildman–Crippen LogP) is 5.44. The quantitative estimate of drug-likeness (QED) is 0.364. The number of fused-ring (bicyclic) bond motifs is 2. The second kappa shape index (κ2) is 8.64. The minimum Gasteiger partial charge on any atom is -0.399 e. The zero-order valence-electron chi connectivity index (χ0n) is 20.0. The van der Waals surface area contributed by atoms with Crippen LogP contribution in [-0.4, -0.2) is 23.1 Å². The van der Waals surface area contributed by atoms with Crippen LogP contribution in [0.2, 0.25) is 0 Å². The van der Waals surface area contributed by atoms with Crippen molar-refractivity contribution in [1.82, 2.24) is 0 Å². The Morgan fingerprint density at radius 2 is 0.921 bits per heavy atom. The first-order chi connectivity index (χ1) is 18.3. The van der Waals surface area contributed by atoms with E-state index in [1.54, 1.807) is 84.9 Å². The fourth-order valence-electron chi connectivity index (χ4n) is 5.09. The number of allylic oxidation sites excluding steroid dienone is 4. The molecule has 4 N–H and O–H groups in total. The Hall–Kier alpha value is -5.36. The van der Waals surface area contributed by atoms with Gasteiger partial charge in [0.15, 0.2) is 23.1 Å². The third-order valence-corrected chi connectivity index (χ3v) is 6.91. The number of benzene rings is 4. The van der Waals surface area contributed by atoms with Crippen molar-refractivity contribution in [3.05, 3.63) is 130 Å². The molecule has 0 bridgehead atoms. The average Bonchev–Trinajstić information content (AvgIpc) is 2.93. The van der Waals surface area contributed by atoms with Gasteiger partial charge in [0, 0.05) is 55.9 Å². The van der Waals surface area contributed by atoms with Crippen molar-refractivity contribution in [2.24, 2.45) is 0 Å². The fraction of sp³-hybridized carbons (Fsp3) is 0. The van der Waals surface area contributed by atoms with Crippen molar-refractivity contribution in [1.29, 1.82) is 0 Å². The number of rotatable bonds is 3. The zero-order chi connectivity index (χ0) is 26.6. The fourth-order valence-corrected chi connectivity index (χ4v) is 5.09. The predicted molar refractivity (Wildman–Crippen MR) is 147 cm³/mol. The molecule has 0 radical (unpaired) electrons. The summed E-state index contributed by atoms with van der Waals surface area (Å²) < 4.78 is 0. The van der Waals surface area contributed by atoms with Crippen LogP contribution in [0.3, 0.4) is 0 Å². The lowest BCUT2D eigenvalue weighted by atomic mass is 9.77. The minimum absolute atomic E-state index is 0.0681. The highest BCUT2D eigenvalue weighted by molar-refractivity contribution is 6.43. The van der Waals surface area contributed by atoms with E-state index in [1.165, 1.54) is 12.2 Å². The van der Waals surface area contributed by atoms with Crippen LogP contribution < -0.4 is 11.5 Å². The number of hydrogen-bond donors (Lipinski definition) is 2. The van der Waals surface area contributed by atoms with E-state index in [-0.39, 0.29) is 50.9 Å². The number of carbonyl (C=O) groups excluding carboxylic acids is 4. The van der Waals surface area contributed by atoms with E-state index in [0.717, 1.165) is 0 Å². The first kappa shape index (κ1) is 23.1. The van der Waals surface area contributed by atoms with Gasteiger partial charge in [0.05, 0.1) is 0 Å². The van der Waals surface area contributed by atoms with Gasteiger partial charge in [0.1, 0.15) is 0 Å². The van der Waals surface area contributed by atoms with Crippen LogP contribution in [0.5, 0.6) is 0 Å². The first-order valence-electron chi connectivity index (χ1n) is 11.9. The molecule has 0 saturated heterocycles. The maximum Gasteiger partial charge on any atom is 0.194 e.